The Balaban J connectivity index is 3.31. The fourth-order valence-electron chi connectivity index (χ4n) is 0.589. The first-order chi connectivity index (χ1) is 6.20. The number of hydrogen-bond donors (Lipinski definition) is 1. The van der Waals surface area contributed by atoms with E-state index < -0.39 is 11.9 Å². The van der Waals surface area contributed by atoms with Crippen LogP contribution in [0.1, 0.15) is 26.2 Å². The summed E-state index contributed by atoms with van der Waals surface area (Å²) in [5.74, 6) is -1.32. The van der Waals surface area contributed by atoms with Crippen molar-refractivity contribution in [2.75, 3.05) is 6.61 Å². The molecule has 0 fully saturated rings. The quantitative estimate of drug-likeness (QED) is 0.492. The molecule has 0 aliphatic carbocycles. The molecular weight excluding hydrogens is 180 g/mol. The minimum atomic E-state index is -0.774. The van der Waals surface area contributed by atoms with Crippen LogP contribution in [0.5, 0.6) is 0 Å². The molecule has 13 heavy (non-hydrogen) atoms. The van der Waals surface area contributed by atoms with Crippen molar-refractivity contribution in [3.05, 3.63) is 0 Å². The predicted octanol–water partition coefficient (Wildman–Crippen LogP) is 0.668. The molecule has 0 atom stereocenters. The van der Waals surface area contributed by atoms with Crippen LogP contribution < -0.4 is 0 Å². The van der Waals surface area contributed by atoms with Crippen molar-refractivity contribution in [1.82, 2.24) is 0 Å². The number of carbonyl (C=O) groups excluding carboxylic acids is 2. The molecule has 6 nitrogen and oxygen atoms in total. The normalized spacial score (nSPS) is 9.38. The van der Waals surface area contributed by atoms with Crippen molar-refractivity contribution in [3.63, 3.8) is 0 Å². The van der Waals surface area contributed by atoms with Crippen LogP contribution in [0.4, 0.5) is 0 Å². The van der Waals surface area contributed by atoms with Gasteiger partial charge in [-0.25, -0.2) is 9.59 Å². The zero-order chi connectivity index (χ0) is 10.1. The van der Waals surface area contributed by atoms with E-state index in [-0.39, 0.29) is 25.9 Å². The summed E-state index contributed by atoms with van der Waals surface area (Å²) in [6.07, 6.45) is 0.276. The summed E-state index contributed by atoms with van der Waals surface area (Å²) >= 11 is 0. The topological polar surface area (TPSA) is 82.1 Å². The van der Waals surface area contributed by atoms with Gasteiger partial charge in [0.2, 0.25) is 0 Å². The molecule has 76 valence electrons. The first kappa shape index (κ1) is 11.9. The van der Waals surface area contributed by atoms with Gasteiger partial charge >= 0.3 is 11.9 Å². The molecule has 0 amide bonds. The predicted molar refractivity (Wildman–Crippen MR) is 40.3 cm³/mol. The zero-order valence-electron chi connectivity index (χ0n) is 7.32. The summed E-state index contributed by atoms with van der Waals surface area (Å²) in [5.41, 5.74) is 0. The van der Waals surface area contributed by atoms with E-state index in [1.165, 1.54) is 0 Å². The van der Waals surface area contributed by atoms with Gasteiger partial charge in [0.1, 0.15) is 0 Å². The van der Waals surface area contributed by atoms with Gasteiger partial charge in [0, 0.05) is 12.8 Å². The summed E-state index contributed by atoms with van der Waals surface area (Å²) in [7, 11) is 0. The summed E-state index contributed by atoms with van der Waals surface area (Å²) in [6.45, 7) is 1.96. The van der Waals surface area contributed by atoms with Crippen molar-refractivity contribution >= 4 is 11.9 Å². The average Bonchev–Trinajstić information content (AvgIpc) is 2.14. The molecule has 0 aromatic carbocycles. The minimum absolute atomic E-state index is 0.0300. The van der Waals surface area contributed by atoms with Crippen molar-refractivity contribution in [1.29, 1.82) is 0 Å². The molecule has 0 saturated carbocycles. The standard InChI is InChI=1S/C7H12O6/c1-2-11-13-7(9)5-3-4-6(8)12-10/h10H,2-5H2,1H3. The maximum Gasteiger partial charge on any atom is 0.342 e. The lowest BCUT2D eigenvalue weighted by Crippen LogP contribution is -2.07. The molecule has 0 aromatic rings. The Labute approximate surface area is 75.2 Å². The third-order valence-electron chi connectivity index (χ3n) is 1.13. The number of hydrogen-bond acceptors (Lipinski definition) is 6. The maximum absolute atomic E-state index is 10.7. The van der Waals surface area contributed by atoms with E-state index in [1.807, 2.05) is 0 Å². The second-order valence-electron chi connectivity index (χ2n) is 2.18. The zero-order valence-corrected chi connectivity index (χ0v) is 7.32. The van der Waals surface area contributed by atoms with Gasteiger partial charge in [-0.15, -0.1) is 0 Å². The highest BCUT2D eigenvalue weighted by Crippen LogP contribution is 1.99. The number of carbonyl (C=O) groups is 2. The summed E-state index contributed by atoms with van der Waals surface area (Å²) < 4.78 is 0. The van der Waals surface area contributed by atoms with Gasteiger partial charge in [0.25, 0.3) is 0 Å². The van der Waals surface area contributed by atoms with Gasteiger partial charge in [-0.1, -0.05) is 0 Å². The molecule has 0 saturated heterocycles. The minimum Gasteiger partial charge on any atom is -0.301 e. The largest absolute Gasteiger partial charge is 0.342 e. The van der Waals surface area contributed by atoms with Crippen LogP contribution in [0.25, 0.3) is 0 Å². The van der Waals surface area contributed by atoms with Crippen LogP contribution in [0, 0.1) is 0 Å². The van der Waals surface area contributed by atoms with E-state index >= 15 is 0 Å². The van der Waals surface area contributed by atoms with Gasteiger partial charge in [-0.2, -0.15) is 10.1 Å². The molecule has 0 aromatic heterocycles. The highest BCUT2D eigenvalue weighted by molar-refractivity contribution is 5.71. The molecule has 6 heteroatoms. The highest BCUT2D eigenvalue weighted by atomic mass is 17.2. The van der Waals surface area contributed by atoms with Gasteiger partial charge in [0.15, 0.2) is 0 Å². The fraction of sp³-hybridized carbons (Fsp3) is 0.714. The van der Waals surface area contributed by atoms with Crippen molar-refractivity contribution in [3.8, 4) is 0 Å². The lowest BCUT2D eigenvalue weighted by Gasteiger charge is -1.99. The number of rotatable bonds is 6. The Kier molecular flexibility index (Phi) is 6.85. The van der Waals surface area contributed by atoms with Gasteiger partial charge in [-0.05, 0) is 13.3 Å². The van der Waals surface area contributed by atoms with Gasteiger partial charge < -0.3 is 4.89 Å². The smallest absolute Gasteiger partial charge is 0.301 e. The van der Waals surface area contributed by atoms with E-state index in [1.54, 1.807) is 6.92 Å². The van der Waals surface area contributed by atoms with Crippen molar-refractivity contribution < 1.29 is 29.5 Å². The Morgan fingerprint density at radius 3 is 2.38 bits per heavy atom. The molecule has 1 N–H and O–H groups in total. The molecule has 0 spiro atoms. The SMILES string of the molecule is CCOOC(=O)CCCC(=O)OO. The van der Waals surface area contributed by atoms with E-state index in [2.05, 4.69) is 14.7 Å². The second kappa shape index (κ2) is 7.51. The highest BCUT2D eigenvalue weighted by Gasteiger charge is 2.07. The molecule has 0 aliphatic rings. The van der Waals surface area contributed by atoms with Crippen molar-refractivity contribution in [2.45, 2.75) is 26.2 Å². The van der Waals surface area contributed by atoms with Crippen LogP contribution in [-0.4, -0.2) is 23.8 Å². The lowest BCUT2D eigenvalue weighted by molar-refractivity contribution is -0.269. The lowest BCUT2D eigenvalue weighted by atomic mass is 10.2. The van der Waals surface area contributed by atoms with Gasteiger partial charge in [-0.3, -0.25) is 4.89 Å². The third kappa shape index (κ3) is 7.23. The summed E-state index contributed by atoms with van der Waals surface area (Å²) in [6, 6.07) is 0. The third-order valence-corrected chi connectivity index (χ3v) is 1.13. The van der Waals surface area contributed by atoms with Crippen LogP contribution in [0.2, 0.25) is 0 Å². The molecule has 0 heterocycles. The molecule has 0 aliphatic heterocycles. The molecule has 0 unspecified atom stereocenters. The Bertz CT molecular complexity index is 166. The molecular formula is C7H12O6. The Morgan fingerprint density at radius 1 is 1.23 bits per heavy atom. The van der Waals surface area contributed by atoms with Crippen LogP contribution >= 0.6 is 0 Å². The fourth-order valence-corrected chi connectivity index (χ4v) is 0.589. The van der Waals surface area contributed by atoms with E-state index in [4.69, 9.17) is 5.26 Å². The summed E-state index contributed by atoms with van der Waals surface area (Å²) in [4.78, 5) is 33.1. The Morgan fingerprint density at radius 2 is 1.85 bits per heavy atom. The van der Waals surface area contributed by atoms with Gasteiger partial charge in [0.05, 0.1) is 6.61 Å². The van der Waals surface area contributed by atoms with Crippen LogP contribution in [0.15, 0.2) is 0 Å². The first-order valence-corrected chi connectivity index (χ1v) is 3.87. The van der Waals surface area contributed by atoms with Crippen molar-refractivity contribution in [2.24, 2.45) is 0 Å². The van der Waals surface area contributed by atoms with E-state index in [0.717, 1.165) is 0 Å². The molecule has 0 rings (SSSR count). The molecule has 0 bridgehead atoms. The van der Waals surface area contributed by atoms with E-state index in [0.29, 0.717) is 0 Å². The maximum atomic E-state index is 10.7. The second-order valence-corrected chi connectivity index (χ2v) is 2.18. The monoisotopic (exact) mass is 192 g/mol. The van der Waals surface area contributed by atoms with Crippen LogP contribution in [0.3, 0.4) is 0 Å². The van der Waals surface area contributed by atoms with Crippen LogP contribution in [-0.2, 0) is 24.3 Å². The van der Waals surface area contributed by atoms with E-state index in [9.17, 15) is 9.59 Å². The molecule has 0 radical (unpaired) electrons. The average molecular weight is 192 g/mol. The first-order valence-electron chi connectivity index (χ1n) is 3.87. The summed E-state index contributed by atoms with van der Waals surface area (Å²) in [5, 5.41) is 7.85. The Hall–Kier alpha value is -1.14.